The van der Waals surface area contributed by atoms with Crippen molar-refractivity contribution in [3.63, 3.8) is 0 Å². The van der Waals surface area contributed by atoms with E-state index in [0.717, 1.165) is 24.6 Å². The SMILES string of the molecule is CCC(N)c1ccc(N2CC(C)CC2C)cn1. The van der Waals surface area contributed by atoms with E-state index < -0.39 is 0 Å². The topological polar surface area (TPSA) is 42.1 Å². The predicted octanol–water partition coefficient (Wildman–Crippen LogP) is 2.73. The summed E-state index contributed by atoms with van der Waals surface area (Å²) in [6.07, 6.45) is 4.18. The van der Waals surface area contributed by atoms with Crippen LogP contribution in [0.25, 0.3) is 0 Å². The zero-order chi connectivity index (χ0) is 12.4. The lowest BCUT2D eigenvalue weighted by Crippen LogP contribution is -2.26. The van der Waals surface area contributed by atoms with E-state index in [1.165, 1.54) is 12.1 Å². The normalized spacial score (nSPS) is 26.2. The average molecular weight is 233 g/mol. The van der Waals surface area contributed by atoms with E-state index in [2.05, 4.69) is 42.8 Å². The lowest BCUT2D eigenvalue weighted by atomic mass is 10.1. The molecule has 1 aromatic rings. The molecule has 0 aromatic carbocycles. The molecule has 2 rings (SSSR count). The molecule has 0 aliphatic carbocycles. The van der Waals surface area contributed by atoms with Crippen LogP contribution in [0.2, 0.25) is 0 Å². The molecule has 2 N–H and O–H groups in total. The molecule has 2 heterocycles. The van der Waals surface area contributed by atoms with Crippen molar-refractivity contribution in [1.29, 1.82) is 0 Å². The van der Waals surface area contributed by atoms with Crippen LogP contribution in [-0.2, 0) is 0 Å². The largest absolute Gasteiger partial charge is 0.367 e. The number of aromatic nitrogens is 1. The molecule has 1 aromatic heterocycles. The van der Waals surface area contributed by atoms with Crippen LogP contribution >= 0.6 is 0 Å². The smallest absolute Gasteiger partial charge is 0.0572 e. The van der Waals surface area contributed by atoms with Crippen molar-refractivity contribution in [2.24, 2.45) is 11.7 Å². The Bertz CT molecular complexity index is 360. The first-order valence-electron chi connectivity index (χ1n) is 6.60. The first-order chi connectivity index (χ1) is 8.11. The van der Waals surface area contributed by atoms with Gasteiger partial charge in [0, 0.05) is 18.6 Å². The highest BCUT2D eigenvalue weighted by Crippen LogP contribution is 2.28. The molecular formula is C14H23N3. The molecule has 1 fully saturated rings. The molecule has 0 bridgehead atoms. The highest BCUT2D eigenvalue weighted by molar-refractivity contribution is 5.47. The summed E-state index contributed by atoms with van der Waals surface area (Å²) in [7, 11) is 0. The summed E-state index contributed by atoms with van der Waals surface area (Å²) in [4.78, 5) is 6.93. The van der Waals surface area contributed by atoms with E-state index in [9.17, 15) is 0 Å². The van der Waals surface area contributed by atoms with Crippen LogP contribution in [0.15, 0.2) is 18.3 Å². The Kier molecular flexibility index (Phi) is 3.67. The van der Waals surface area contributed by atoms with Crippen molar-refractivity contribution in [1.82, 2.24) is 4.98 Å². The Morgan fingerprint density at radius 3 is 2.71 bits per heavy atom. The molecule has 3 nitrogen and oxygen atoms in total. The first-order valence-corrected chi connectivity index (χ1v) is 6.60. The lowest BCUT2D eigenvalue weighted by Gasteiger charge is -2.23. The number of nitrogens with zero attached hydrogens (tertiary/aromatic N) is 2. The quantitative estimate of drug-likeness (QED) is 0.873. The van der Waals surface area contributed by atoms with Gasteiger partial charge in [-0.25, -0.2) is 0 Å². The van der Waals surface area contributed by atoms with E-state index in [0.29, 0.717) is 6.04 Å². The van der Waals surface area contributed by atoms with Crippen LogP contribution in [0.4, 0.5) is 5.69 Å². The average Bonchev–Trinajstić information content (AvgIpc) is 2.68. The van der Waals surface area contributed by atoms with Gasteiger partial charge >= 0.3 is 0 Å². The second-order valence-electron chi connectivity index (χ2n) is 5.30. The second kappa shape index (κ2) is 5.05. The third kappa shape index (κ3) is 2.60. The molecule has 3 atom stereocenters. The fraction of sp³-hybridized carbons (Fsp3) is 0.643. The van der Waals surface area contributed by atoms with Gasteiger partial charge in [-0.05, 0) is 37.8 Å². The third-order valence-electron chi connectivity index (χ3n) is 3.71. The summed E-state index contributed by atoms with van der Waals surface area (Å²) in [5, 5.41) is 0. The molecule has 3 heteroatoms. The fourth-order valence-electron chi connectivity index (χ4n) is 2.66. The van der Waals surface area contributed by atoms with Crippen LogP contribution in [0.3, 0.4) is 0 Å². The zero-order valence-electron chi connectivity index (χ0n) is 11.1. The van der Waals surface area contributed by atoms with Gasteiger partial charge in [0.25, 0.3) is 0 Å². The number of anilines is 1. The summed E-state index contributed by atoms with van der Waals surface area (Å²) >= 11 is 0. The van der Waals surface area contributed by atoms with Gasteiger partial charge in [-0.3, -0.25) is 4.98 Å². The Morgan fingerprint density at radius 1 is 1.47 bits per heavy atom. The fourth-order valence-corrected chi connectivity index (χ4v) is 2.66. The van der Waals surface area contributed by atoms with Crippen LogP contribution in [-0.4, -0.2) is 17.6 Å². The third-order valence-corrected chi connectivity index (χ3v) is 3.71. The Hall–Kier alpha value is -1.09. The van der Waals surface area contributed by atoms with Crippen LogP contribution in [0.5, 0.6) is 0 Å². The summed E-state index contributed by atoms with van der Waals surface area (Å²) in [6.45, 7) is 7.83. The number of pyridine rings is 1. The van der Waals surface area contributed by atoms with Crippen molar-refractivity contribution in [3.05, 3.63) is 24.0 Å². The molecule has 1 aliphatic rings. The minimum absolute atomic E-state index is 0.0685. The van der Waals surface area contributed by atoms with Gasteiger partial charge in [-0.1, -0.05) is 13.8 Å². The number of hydrogen-bond donors (Lipinski definition) is 1. The monoisotopic (exact) mass is 233 g/mol. The van der Waals surface area contributed by atoms with Crippen LogP contribution in [0.1, 0.15) is 45.3 Å². The maximum Gasteiger partial charge on any atom is 0.0572 e. The van der Waals surface area contributed by atoms with Crippen molar-refractivity contribution in [3.8, 4) is 0 Å². The first kappa shape index (κ1) is 12.4. The molecular weight excluding hydrogens is 210 g/mol. The maximum absolute atomic E-state index is 5.97. The number of rotatable bonds is 3. The summed E-state index contributed by atoms with van der Waals surface area (Å²) in [5.74, 6) is 0.780. The second-order valence-corrected chi connectivity index (χ2v) is 5.30. The molecule has 17 heavy (non-hydrogen) atoms. The molecule has 0 amide bonds. The van der Waals surface area contributed by atoms with Crippen molar-refractivity contribution in [2.75, 3.05) is 11.4 Å². The highest BCUT2D eigenvalue weighted by Gasteiger charge is 2.26. The number of hydrogen-bond acceptors (Lipinski definition) is 3. The van der Waals surface area contributed by atoms with E-state index in [-0.39, 0.29) is 6.04 Å². The van der Waals surface area contributed by atoms with Crippen molar-refractivity contribution >= 4 is 5.69 Å². The van der Waals surface area contributed by atoms with E-state index in [1.54, 1.807) is 0 Å². The van der Waals surface area contributed by atoms with Gasteiger partial charge in [-0.15, -0.1) is 0 Å². The molecule has 0 radical (unpaired) electrons. The molecule has 3 unspecified atom stereocenters. The zero-order valence-corrected chi connectivity index (χ0v) is 11.1. The minimum atomic E-state index is 0.0685. The Balaban J connectivity index is 2.13. The van der Waals surface area contributed by atoms with Crippen LogP contribution in [0, 0.1) is 5.92 Å². The Labute approximate surface area is 104 Å². The van der Waals surface area contributed by atoms with E-state index in [1.807, 2.05) is 6.20 Å². The van der Waals surface area contributed by atoms with Gasteiger partial charge in [0.2, 0.25) is 0 Å². The maximum atomic E-state index is 5.97. The van der Waals surface area contributed by atoms with Gasteiger partial charge in [0.15, 0.2) is 0 Å². The molecule has 1 saturated heterocycles. The van der Waals surface area contributed by atoms with Gasteiger partial charge in [-0.2, -0.15) is 0 Å². The molecule has 94 valence electrons. The lowest BCUT2D eigenvalue weighted by molar-refractivity contribution is 0.625. The Morgan fingerprint density at radius 2 is 2.24 bits per heavy atom. The van der Waals surface area contributed by atoms with Crippen molar-refractivity contribution in [2.45, 2.75) is 45.7 Å². The molecule has 0 spiro atoms. The van der Waals surface area contributed by atoms with Crippen molar-refractivity contribution < 1.29 is 0 Å². The van der Waals surface area contributed by atoms with E-state index in [4.69, 9.17) is 5.73 Å². The summed E-state index contributed by atoms with van der Waals surface area (Å²) < 4.78 is 0. The predicted molar refractivity (Wildman–Crippen MR) is 72.0 cm³/mol. The molecule has 0 saturated carbocycles. The van der Waals surface area contributed by atoms with Gasteiger partial charge < -0.3 is 10.6 Å². The summed E-state index contributed by atoms with van der Waals surface area (Å²) in [5.41, 5.74) is 8.20. The number of nitrogens with two attached hydrogens (primary N) is 1. The summed E-state index contributed by atoms with van der Waals surface area (Å²) in [6, 6.07) is 4.92. The van der Waals surface area contributed by atoms with E-state index >= 15 is 0 Å². The molecule has 1 aliphatic heterocycles. The van der Waals surface area contributed by atoms with Crippen LogP contribution < -0.4 is 10.6 Å². The van der Waals surface area contributed by atoms with Gasteiger partial charge in [0.05, 0.1) is 17.6 Å². The standard InChI is InChI=1S/C14H23N3/c1-4-13(15)14-6-5-12(8-16-14)17-9-10(2)7-11(17)3/h5-6,8,10-11,13H,4,7,9,15H2,1-3H3. The van der Waals surface area contributed by atoms with Gasteiger partial charge in [0.1, 0.15) is 0 Å². The minimum Gasteiger partial charge on any atom is -0.367 e. The highest BCUT2D eigenvalue weighted by atomic mass is 15.2.